The summed E-state index contributed by atoms with van der Waals surface area (Å²) in [5, 5.41) is 9.65. The maximum absolute atomic E-state index is 13.2. The topological polar surface area (TPSA) is 81.8 Å². The molecule has 0 aromatic carbocycles. The lowest BCUT2D eigenvalue weighted by atomic mass is 10.0. The van der Waals surface area contributed by atoms with Gasteiger partial charge in [0, 0.05) is 45.4 Å². The fourth-order valence-electron chi connectivity index (χ4n) is 4.65. The number of hydrogen-bond donors (Lipinski definition) is 0. The number of rotatable bonds is 5. The zero-order valence-electron chi connectivity index (χ0n) is 19.3. The Labute approximate surface area is 203 Å². The number of carbonyl (C=O) groups is 1. The van der Waals surface area contributed by atoms with E-state index in [0.29, 0.717) is 21.3 Å². The third-order valence-electron chi connectivity index (χ3n) is 6.65. The first-order valence-corrected chi connectivity index (χ1v) is 12.6. The van der Waals surface area contributed by atoms with Crippen molar-refractivity contribution in [3.05, 3.63) is 31.9 Å². The van der Waals surface area contributed by atoms with E-state index >= 15 is 0 Å². The van der Waals surface area contributed by atoms with E-state index in [2.05, 4.69) is 22.8 Å². The van der Waals surface area contributed by atoms with Gasteiger partial charge in [0.05, 0.1) is 17.6 Å². The number of nitriles is 1. The largest absolute Gasteiger partial charge is 0.376 e. The molecule has 0 radical (unpaired) electrons. The number of ether oxygens (including phenoxy) is 1. The second-order valence-electron chi connectivity index (χ2n) is 8.56. The van der Waals surface area contributed by atoms with Gasteiger partial charge < -0.3 is 14.5 Å². The highest BCUT2D eigenvalue weighted by Crippen LogP contribution is 2.36. The number of piperazine rings is 1. The summed E-state index contributed by atoms with van der Waals surface area (Å²) in [6, 6.07) is 2.06. The zero-order valence-corrected chi connectivity index (χ0v) is 20.9. The summed E-state index contributed by atoms with van der Waals surface area (Å²) in [5.41, 5.74) is 1.12. The number of nitrogens with zero attached hydrogens (tertiary/aromatic N) is 5. The van der Waals surface area contributed by atoms with Crippen LogP contribution in [0.15, 0.2) is 9.70 Å². The molecule has 8 nitrogen and oxygen atoms in total. The molecule has 3 aliphatic heterocycles. The maximum atomic E-state index is 13.2. The Bertz CT molecular complexity index is 1090. The molecule has 0 bridgehead atoms. The first kappa shape index (κ1) is 24.0. The molecule has 33 heavy (non-hydrogen) atoms. The Balaban J connectivity index is 1.73. The van der Waals surface area contributed by atoms with Gasteiger partial charge in [-0.05, 0) is 37.9 Å². The maximum Gasteiger partial charge on any atom is 0.270 e. The number of aromatic nitrogens is 1. The van der Waals surface area contributed by atoms with Crippen molar-refractivity contribution < 1.29 is 9.53 Å². The molecule has 1 amide bonds. The molecule has 3 fully saturated rings. The molecule has 1 atom stereocenters. The molecular weight excluding hydrogens is 458 g/mol. The van der Waals surface area contributed by atoms with Gasteiger partial charge in [-0.25, -0.2) is 0 Å². The van der Waals surface area contributed by atoms with Crippen LogP contribution in [0.2, 0.25) is 0 Å². The van der Waals surface area contributed by atoms with Crippen molar-refractivity contribution in [3.8, 4) is 6.07 Å². The minimum absolute atomic E-state index is 0.0155. The molecule has 4 rings (SSSR count). The standard InChI is InChI=1S/C23H29N5O3S2/c1-4-26-7-9-27(10-8-26)20-17(15(2)18(13-24)21(29)25(20)3)12-19-22(30)28(23(32)33-19)14-16-6-5-11-31-16/h12,16H,4-11,14H2,1-3H3. The van der Waals surface area contributed by atoms with E-state index < -0.39 is 0 Å². The van der Waals surface area contributed by atoms with Crippen LogP contribution in [0, 0.1) is 18.3 Å². The van der Waals surface area contributed by atoms with E-state index in [4.69, 9.17) is 17.0 Å². The second kappa shape index (κ2) is 9.97. The smallest absolute Gasteiger partial charge is 0.270 e. The number of thioether (sulfide) groups is 1. The molecule has 3 aliphatic rings. The van der Waals surface area contributed by atoms with E-state index in [1.54, 1.807) is 23.4 Å². The second-order valence-corrected chi connectivity index (χ2v) is 10.2. The third kappa shape index (κ3) is 4.60. The Hall–Kier alpha value is -2.19. The predicted octanol–water partition coefficient (Wildman–Crippen LogP) is 2.09. The Morgan fingerprint density at radius 3 is 2.61 bits per heavy atom. The number of likely N-dealkylation sites (N-methyl/N-ethyl adjacent to an activating group) is 1. The first-order valence-electron chi connectivity index (χ1n) is 11.3. The molecule has 1 aromatic rings. The molecule has 10 heteroatoms. The highest BCUT2D eigenvalue weighted by molar-refractivity contribution is 8.26. The van der Waals surface area contributed by atoms with Gasteiger partial charge in [-0.2, -0.15) is 5.26 Å². The molecule has 0 aliphatic carbocycles. The number of carbonyl (C=O) groups excluding carboxylic acids is 1. The summed E-state index contributed by atoms with van der Waals surface area (Å²) < 4.78 is 7.76. The molecule has 0 saturated carbocycles. The van der Waals surface area contributed by atoms with Gasteiger partial charge in [0.15, 0.2) is 0 Å². The van der Waals surface area contributed by atoms with Gasteiger partial charge in [0.25, 0.3) is 11.5 Å². The molecule has 1 aromatic heterocycles. The van der Waals surface area contributed by atoms with Crippen molar-refractivity contribution in [1.82, 2.24) is 14.4 Å². The Kier molecular flexibility index (Phi) is 7.24. The fourth-order valence-corrected chi connectivity index (χ4v) is 5.91. The van der Waals surface area contributed by atoms with Gasteiger partial charge >= 0.3 is 0 Å². The van der Waals surface area contributed by atoms with Crippen LogP contribution in [0.1, 0.15) is 36.5 Å². The van der Waals surface area contributed by atoms with Crippen molar-refractivity contribution in [1.29, 1.82) is 5.26 Å². The molecule has 0 N–H and O–H groups in total. The van der Waals surface area contributed by atoms with Crippen LogP contribution in [-0.2, 0) is 16.6 Å². The molecule has 4 heterocycles. The van der Waals surface area contributed by atoms with Crippen LogP contribution >= 0.6 is 24.0 Å². The molecule has 0 spiro atoms. The van der Waals surface area contributed by atoms with Crippen LogP contribution in [0.4, 0.5) is 5.82 Å². The van der Waals surface area contributed by atoms with Crippen molar-refractivity contribution in [2.24, 2.45) is 7.05 Å². The first-order chi connectivity index (χ1) is 15.8. The van der Waals surface area contributed by atoms with Crippen molar-refractivity contribution in [2.45, 2.75) is 32.8 Å². The lowest BCUT2D eigenvalue weighted by molar-refractivity contribution is -0.123. The quantitative estimate of drug-likeness (QED) is 0.461. The number of pyridine rings is 1. The fraction of sp³-hybridized carbons (Fsp3) is 0.565. The summed E-state index contributed by atoms with van der Waals surface area (Å²) in [7, 11) is 1.70. The van der Waals surface area contributed by atoms with Crippen molar-refractivity contribution in [2.75, 3.05) is 50.8 Å². The minimum Gasteiger partial charge on any atom is -0.376 e. The van der Waals surface area contributed by atoms with Crippen LogP contribution in [0.5, 0.6) is 0 Å². The van der Waals surface area contributed by atoms with Crippen LogP contribution < -0.4 is 10.5 Å². The molecule has 176 valence electrons. The normalized spacial score (nSPS) is 23.1. The molecule has 1 unspecified atom stereocenters. The SMILES string of the molecule is CCN1CCN(c2c(C=C3SC(=S)N(CC4CCCO4)C3=O)c(C)c(C#N)c(=O)n2C)CC1. The van der Waals surface area contributed by atoms with Gasteiger partial charge in [0.2, 0.25) is 0 Å². The van der Waals surface area contributed by atoms with Gasteiger partial charge in [-0.15, -0.1) is 0 Å². The number of hydrogen-bond acceptors (Lipinski definition) is 8. The summed E-state index contributed by atoms with van der Waals surface area (Å²) in [6.07, 6.45) is 3.75. The average Bonchev–Trinajstić information content (AvgIpc) is 3.42. The third-order valence-corrected chi connectivity index (χ3v) is 8.02. The number of thiocarbonyl (C=S) groups is 1. The van der Waals surface area contributed by atoms with Gasteiger partial charge in [-0.3, -0.25) is 19.1 Å². The number of anilines is 1. The number of amides is 1. The lowest BCUT2D eigenvalue weighted by Crippen LogP contribution is -2.48. The van der Waals surface area contributed by atoms with Crippen molar-refractivity contribution in [3.63, 3.8) is 0 Å². The Morgan fingerprint density at radius 2 is 2.00 bits per heavy atom. The van der Waals surface area contributed by atoms with E-state index in [1.165, 1.54) is 11.8 Å². The Morgan fingerprint density at radius 1 is 1.27 bits per heavy atom. The van der Waals surface area contributed by atoms with E-state index in [1.807, 2.05) is 6.08 Å². The van der Waals surface area contributed by atoms with Crippen LogP contribution in [0.3, 0.4) is 0 Å². The summed E-state index contributed by atoms with van der Waals surface area (Å²) in [5.74, 6) is 0.602. The van der Waals surface area contributed by atoms with E-state index in [0.717, 1.165) is 63.6 Å². The zero-order chi connectivity index (χ0) is 23.7. The molecule has 3 saturated heterocycles. The summed E-state index contributed by atoms with van der Waals surface area (Å²) in [4.78, 5) is 32.8. The van der Waals surface area contributed by atoms with Gasteiger partial charge in [0.1, 0.15) is 21.8 Å². The predicted molar refractivity (Wildman–Crippen MR) is 134 cm³/mol. The minimum atomic E-state index is -0.314. The highest BCUT2D eigenvalue weighted by Gasteiger charge is 2.35. The highest BCUT2D eigenvalue weighted by atomic mass is 32.2. The summed E-state index contributed by atoms with van der Waals surface area (Å²) >= 11 is 6.77. The molecular formula is C23H29N5O3S2. The van der Waals surface area contributed by atoms with Gasteiger partial charge in [-0.1, -0.05) is 30.9 Å². The van der Waals surface area contributed by atoms with E-state index in [9.17, 15) is 14.9 Å². The van der Waals surface area contributed by atoms with Crippen LogP contribution in [0.25, 0.3) is 6.08 Å². The van der Waals surface area contributed by atoms with E-state index in [-0.39, 0.29) is 23.1 Å². The van der Waals surface area contributed by atoms with Crippen LogP contribution in [-0.4, -0.2) is 76.6 Å². The van der Waals surface area contributed by atoms with Crippen molar-refractivity contribution >= 4 is 46.1 Å². The monoisotopic (exact) mass is 487 g/mol. The lowest BCUT2D eigenvalue weighted by Gasteiger charge is -2.37. The summed E-state index contributed by atoms with van der Waals surface area (Å²) in [6.45, 7) is 9.42. The average molecular weight is 488 g/mol.